The van der Waals surface area contributed by atoms with Gasteiger partial charge in [0.2, 0.25) is 0 Å². The molecule has 0 radical (unpaired) electrons. The summed E-state index contributed by atoms with van der Waals surface area (Å²) in [6.07, 6.45) is 0.274. The van der Waals surface area contributed by atoms with Gasteiger partial charge >= 0.3 is 16.8 Å². The summed E-state index contributed by atoms with van der Waals surface area (Å²) in [5.41, 5.74) is 0.200. The molecule has 0 aliphatic carbocycles. The highest BCUT2D eigenvalue weighted by Crippen LogP contribution is 2.14. The molecule has 0 saturated carbocycles. The number of carbonyl (C=O) groups is 2. The van der Waals surface area contributed by atoms with E-state index in [2.05, 4.69) is 4.98 Å². The summed E-state index contributed by atoms with van der Waals surface area (Å²) < 4.78 is 9.82. The largest absolute Gasteiger partial charge is 0.466 e. The van der Waals surface area contributed by atoms with Crippen molar-refractivity contribution in [1.82, 2.24) is 9.88 Å². The van der Waals surface area contributed by atoms with E-state index in [1.807, 2.05) is 11.8 Å². The maximum absolute atomic E-state index is 11.8. The van der Waals surface area contributed by atoms with Crippen LogP contribution >= 0.6 is 11.3 Å². The molecular formula is C14H22N2O5S. The minimum atomic E-state index is -0.530. The Labute approximate surface area is 133 Å². The van der Waals surface area contributed by atoms with Crippen LogP contribution in [0, 0.1) is 0 Å². The number of H-pyrrole nitrogens is 1. The topological polar surface area (TPSA) is 88.7 Å². The Morgan fingerprint density at radius 3 is 2.45 bits per heavy atom. The molecule has 124 valence electrons. The SMILES string of the molecule is CCOC(=O)CCN(CC)Cc1sc(=O)[nH]c1C(=O)OCC. The fourth-order valence-electron chi connectivity index (χ4n) is 1.87. The van der Waals surface area contributed by atoms with Gasteiger partial charge in [0, 0.05) is 13.1 Å². The van der Waals surface area contributed by atoms with Gasteiger partial charge in [-0.05, 0) is 20.4 Å². The Morgan fingerprint density at radius 1 is 1.18 bits per heavy atom. The molecule has 7 nitrogen and oxygen atoms in total. The molecule has 8 heteroatoms. The van der Waals surface area contributed by atoms with E-state index in [1.165, 1.54) is 0 Å². The number of rotatable bonds is 9. The second-order valence-corrected chi connectivity index (χ2v) is 5.52. The maximum atomic E-state index is 11.8. The molecule has 22 heavy (non-hydrogen) atoms. The van der Waals surface area contributed by atoms with Gasteiger partial charge in [-0.1, -0.05) is 18.3 Å². The summed E-state index contributed by atoms with van der Waals surface area (Å²) in [4.78, 5) is 39.5. The number of aromatic amines is 1. The molecule has 1 aromatic heterocycles. The van der Waals surface area contributed by atoms with E-state index in [0.29, 0.717) is 31.1 Å². The van der Waals surface area contributed by atoms with Gasteiger partial charge in [-0.3, -0.25) is 14.5 Å². The molecule has 1 N–H and O–H groups in total. The molecule has 0 amide bonds. The lowest BCUT2D eigenvalue weighted by Gasteiger charge is -2.19. The first-order chi connectivity index (χ1) is 10.5. The second-order valence-electron chi connectivity index (χ2n) is 4.46. The lowest BCUT2D eigenvalue weighted by atomic mass is 10.3. The van der Waals surface area contributed by atoms with Gasteiger partial charge in [-0.25, -0.2) is 4.79 Å². The van der Waals surface area contributed by atoms with E-state index in [0.717, 1.165) is 11.3 Å². The van der Waals surface area contributed by atoms with Crippen LogP contribution in [0.2, 0.25) is 0 Å². The first kappa shape index (κ1) is 18.4. The predicted octanol–water partition coefficient (Wildman–Crippen LogP) is 1.39. The normalized spacial score (nSPS) is 10.7. The van der Waals surface area contributed by atoms with Crippen molar-refractivity contribution in [3.05, 3.63) is 20.2 Å². The van der Waals surface area contributed by atoms with Gasteiger partial charge in [-0.2, -0.15) is 0 Å². The fourth-order valence-corrected chi connectivity index (χ4v) is 2.73. The van der Waals surface area contributed by atoms with Crippen molar-refractivity contribution in [2.24, 2.45) is 0 Å². The number of nitrogens with zero attached hydrogens (tertiary/aromatic N) is 1. The number of nitrogens with one attached hydrogen (secondary N) is 1. The van der Waals surface area contributed by atoms with E-state index in [9.17, 15) is 14.4 Å². The Bertz CT molecular complexity index is 552. The van der Waals surface area contributed by atoms with Crippen molar-refractivity contribution >= 4 is 23.3 Å². The van der Waals surface area contributed by atoms with Crippen molar-refractivity contribution < 1.29 is 19.1 Å². The number of hydrogen-bond acceptors (Lipinski definition) is 7. The molecule has 0 aliphatic heterocycles. The first-order valence-electron chi connectivity index (χ1n) is 7.28. The molecular weight excluding hydrogens is 308 g/mol. The van der Waals surface area contributed by atoms with Gasteiger partial charge in [-0.15, -0.1) is 0 Å². The zero-order valence-corrected chi connectivity index (χ0v) is 14.0. The highest BCUT2D eigenvalue weighted by molar-refractivity contribution is 7.09. The monoisotopic (exact) mass is 330 g/mol. The van der Waals surface area contributed by atoms with E-state index in [-0.39, 0.29) is 29.6 Å². The van der Waals surface area contributed by atoms with Crippen LogP contribution in [0.5, 0.6) is 0 Å². The van der Waals surface area contributed by atoms with Gasteiger partial charge in [0.05, 0.1) is 24.5 Å². The van der Waals surface area contributed by atoms with E-state index in [1.54, 1.807) is 13.8 Å². The van der Waals surface area contributed by atoms with Crippen molar-refractivity contribution in [2.75, 3.05) is 26.3 Å². The van der Waals surface area contributed by atoms with Crippen LogP contribution in [-0.2, 0) is 20.8 Å². The molecule has 0 bridgehead atoms. The average molecular weight is 330 g/mol. The lowest BCUT2D eigenvalue weighted by molar-refractivity contribution is -0.143. The number of ether oxygens (including phenoxy) is 2. The Kier molecular flexibility index (Phi) is 7.83. The average Bonchev–Trinajstić information content (AvgIpc) is 2.84. The summed E-state index contributed by atoms with van der Waals surface area (Å²) in [6, 6.07) is 0. The quantitative estimate of drug-likeness (QED) is 0.688. The molecule has 1 rings (SSSR count). The third-order valence-corrected chi connectivity index (χ3v) is 3.82. The van der Waals surface area contributed by atoms with Gasteiger partial charge < -0.3 is 14.5 Å². The number of carbonyl (C=O) groups excluding carboxylic acids is 2. The number of aromatic nitrogens is 1. The Morgan fingerprint density at radius 2 is 1.86 bits per heavy atom. The molecule has 0 atom stereocenters. The van der Waals surface area contributed by atoms with Crippen LogP contribution in [0.3, 0.4) is 0 Å². The molecule has 0 saturated heterocycles. The lowest BCUT2D eigenvalue weighted by Crippen LogP contribution is -2.26. The van der Waals surface area contributed by atoms with Gasteiger partial charge in [0.15, 0.2) is 0 Å². The summed E-state index contributed by atoms with van der Waals surface area (Å²) in [7, 11) is 0. The zero-order valence-electron chi connectivity index (χ0n) is 13.1. The van der Waals surface area contributed by atoms with Crippen molar-refractivity contribution in [3.63, 3.8) is 0 Å². The van der Waals surface area contributed by atoms with Crippen LogP contribution < -0.4 is 4.87 Å². The molecule has 0 fully saturated rings. The second kappa shape index (κ2) is 9.37. The number of hydrogen-bond donors (Lipinski definition) is 1. The molecule has 1 heterocycles. The van der Waals surface area contributed by atoms with Crippen LogP contribution in [0.15, 0.2) is 4.79 Å². The minimum absolute atomic E-state index is 0.200. The Hall–Kier alpha value is -1.67. The van der Waals surface area contributed by atoms with Crippen molar-refractivity contribution in [1.29, 1.82) is 0 Å². The summed E-state index contributed by atoms with van der Waals surface area (Å²) in [5.74, 6) is -0.786. The standard InChI is InChI=1S/C14H22N2O5S/c1-4-16(8-7-11(17)20-5-2)9-10-12(13(18)21-6-3)15-14(19)22-10/h4-9H2,1-3H3,(H,15,19). The van der Waals surface area contributed by atoms with Gasteiger partial charge in [0.25, 0.3) is 0 Å². The molecule has 0 spiro atoms. The van der Waals surface area contributed by atoms with E-state index < -0.39 is 5.97 Å². The summed E-state index contributed by atoms with van der Waals surface area (Å²) in [6.45, 7) is 7.63. The molecule has 0 aromatic carbocycles. The third-order valence-electron chi connectivity index (χ3n) is 2.95. The minimum Gasteiger partial charge on any atom is -0.466 e. The van der Waals surface area contributed by atoms with Crippen LogP contribution in [-0.4, -0.2) is 48.1 Å². The smallest absolute Gasteiger partial charge is 0.356 e. The highest BCUT2D eigenvalue weighted by atomic mass is 32.1. The van der Waals surface area contributed by atoms with Crippen LogP contribution in [0.1, 0.15) is 42.6 Å². The summed E-state index contributed by atoms with van der Waals surface area (Å²) >= 11 is 0.987. The third kappa shape index (κ3) is 5.61. The van der Waals surface area contributed by atoms with Crippen molar-refractivity contribution in [2.45, 2.75) is 33.7 Å². The summed E-state index contributed by atoms with van der Waals surface area (Å²) in [5, 5.41) is 0. The van der Waals surface area contributed by atoms with Crippen LogP contribution in [0.4, 0.5) is 0 Å². The first-order valence-corrected chi connectivity index (χ1v) is 8.10. The van der Waals surface area contributed by atoms with E-state index in [4.69, 9.17) is 9.47 Å². The Balaban J connectivity index is 2.72. The predicted molar refractivity (Wildman–Crippen MR) is 83.1 cm³/mol. The van der Waals surface area contributed by atoms with Crippen molar-refractivity contribution in [3.8, 4) is 0 Å². The zero-order chi connectivity index (χ0) is 16.5. The van der Waals surface area contributed by atoms with Gasteiger partial charge in [0.1, 0.15) is 5.69 Å². The van der Waals surface area contributed by atoms with Crippen LogP contribution in [0.25, 0.3) is 0 Å². The highest BCUT2D eigenvalue weighted by Gasteiger charge is 2.19. The number of thiazole rings is 1. The fraction of sp³-hybridized carbons (Fsp3) is 0.643. The molecule has 1 aromatic rings. The maximum Gasteiger partial charge on any atom is 0.356 e. The molecule has 0 aliphatic rings. The molecule has 0 unspecified atom stereocenters. The van der Waals surface area contributed by atoms with E-state index >= 15 is 0 Å². The number of esters is 2.